The highest BCUT2D eigenvalue weighted by atomic mass is 16.3. The summed E-state index contributed by atoms with van der Waals surface area (Å²) in [4.78, 5) is 10.4. The number of aliphatic hydroxyl groups excluding tert-OH is 1. The molecule has 1 heterocycles. The average Bonchev–Trinajstić information content (AvgIpc) is 2.29. The van der Waals surface area contributed by atoms with E-state index >= 15 is 0 Å². The van der Waals surface area contributed by atoms with Gasteiger partial charge < -0.3 is 15.7 Å². The fourth-order valence-corrected chi connectivity index (χ4v) is 1.35. The molecule has 0 fully saturated rings. The van der Waals surface area contributed by atoms with E-state index in [1.54, 1.807) is 12.3 Å². The molecule has 0 bridgehead atoms. The maximum Gasteiger partial charge on any atom is 0.225 e. The first kappa shape index (κ1) is 11.9. The maximum absolute atomic E-state index is 8.93. The number of nitrogens with zero attached hydrogens (tertiary/aromatic N) is 3. The van der Waals surface area contributed by atoms with E-state index < -0.39 is 0 Å². The summed E-state index contributed by atoms with van der Waals surface area (Å²) in [5, 5.41) is 8.93. The summed E-state index contributed by atoms with van der Waals surface area (Å²) in [5.74, 6) is 0.647. The Bertz CT molecular complexity index is 287. The smallest absolute Gasteiger partial charge is 0.225 e. The van der Waals surface area contributed by atoms with Crippen molar-refractivity contribution >= 4 is 5.95 Å². The van der Waals surface area contributed by atoms with Crippen molar-refractivity contribution < 1.29 is 5.11 Å². The zero-order valence-corrected chi connectivity index (χ0v) is 9.06. The van der Waals surface area contributed by atoms with Gasteiger partial charge in [0.15, 0.2) is 0 Å². The summed E-state index contributed by atoms with van der Waals surface area (Å²) >= 11 is 0. The van der Waals surface area contributed by atoms with Crippen LogP contribution in [0.25, 0.3) is 0 Å². The van der Waals surface area contributed by atoms with E-state index in [0.29, 0.717) is 19.0 Å². The van der Waals surface area contributed by atoms with Gasteiger partial charge >= 0.3 is 0 Å². The Morgan fingerprint density at radius 3 is 2.87 bits per heavy atom. The summed E-state index contributed by atoms with van der Waals surface area (Å²) in [6, 6.07) is 1.80. The summed E-state index contributed by atoms with van der Waals surface area (Å²) < 4.78 is 0. The number of anilines is 1. The molecule has 0 unspecified atom stereocenters. The van der Waals surface area contributed by atoms with Crippen LogP contribution in [0.4, 0.5) is 5.95 Å². The molecule has 84 valence electrons. The van der Waals surface area contributed by atoms with Crippen molar-refractivity contribution in [2.24, 2.45) is 5.73 Å². The first-order valence-electron chi connectivity index (χ1n) is 5.19. The van der Waals surface area contributed by atoms with Crippen LogP contribution < -0.4 is 10.6 Å². The summed E-state index contributed by atoms with van der Waals surface area (Å²) in [5.41, 5.74) is 6.33. The van der Waals surface area contributed by atoms with Gasteiger partial charge in [-0.3, -0.25) is 0 Å². The van der Waals surface area contributed by atoms with Gasteiger partial charge in [0.25, 0.3) is 0 Å². The quantitative estimate of drug-likeness (QED) is 0.698. The number of nitrogens with two attached hydrogens (primary N) is 1. The van der Waals surface area contributed by atoms with Crippen LogP contribution in [0.2, 0.25) is 0 Å². The molecule has 1 aromatic heterocycles. The lowest BCUT2D eigenvalue weighted by molar-refractivity contribution is 0.301. The molecule has 15 heavy (non-hydrogen) atoms. The number of rotatable bonds is 6. The molecule has 0 amide bonds. The standard InChI is InChI=1S/C10H18N4O/c1-2-5-14(6-7-15)10-12-4-3-9(8-11)13-10/h3-4,15H,2,5-8,11H2,1H3. The van der Waals surface area contributed by atoms with Gasteiger partial charge in [-0.25, -0.2) is 9.97 Å². The van der Waals surface area contributed by atoms with E-state index in [4.69, 9.17) is 10.8 Å². The molecule has 0 aliphatic carbocycles. The molecule has 5 nitrogen and oxygen atoms in total. The van der Waals surface area contributed by atoms with Gasteiger partial charge in [-0.05, 0) is 12.5 Å². The van der Waals surface area contributed by atoms with Crippen LogP contribution in [0.5, 0.6) is 0 Å². The Morgan fingerprint density at radius 2 is 2.27 bits per heavy atom. The summed E-state index contributed by atoms with van der Waals surface area (Å²) in [7, 11) is 0. The van der Waals surface area contributed by atoms with Crippen molar-refractivity contribution in [1.82, 2.24) is 9.97 Å². The molecule has 0 atom stereocenters. The number of hydrogen-bond donors (Lipinski definition) is 2. The highest BCUT2D eigenvalue weighted by Crippen LogP contribution is 2.07. The molecule has 1 rings (SSSR count). The SMILES string of the molecule is CCCN(CCO)c1nccc(CN)n1. The largest absolute Gasteiger partial charge is 0.395 e. The minimum absolute atomic E-state index is 0.107. The van der Waals surface area contributed by atoms with Crippen LogP contribution in [0.1, 0.15) is 19.0 Å². The van der Waals surface area contributed by atoms with Crippen molar-refractivity contribution in [3.8, 4) is 0 Å². The molecule has 0 saturated carbocycles. The molecule has 0 aliphatic rings. The Morgan fingerprint density at radius 1 is 1.47 bits per heavy atom. The van der Waals surface area contributed by atoms with Crippen LogP contribution in [0.15, 0.2) is 12.3 Å². The molecular formula is C10H18N4O. The van der Waals surface area contributed by atoms with Gasteiger partial charge in [0.1, 0.15) is 0 Å². The Hall–Kier alpha value is -1.20. The molecule has 0 radical (unpaired) electrons. The van der Waals surface area contributed by atoms with Crippen molar-refractivity contribution in [1.29, 1.82) is 0 Å². The molecule has 0 aromatic carbocycles. The Labute approximate surface area is 90.0 Å². The van der Waals surface area contributed by atoms with Crippen LogP contribution in [-0.4, -0.2) is 34.8 Å². The number of aliphatic hydroxyl groups is 1. The van der Waals surface area contributed by atoms with Gasteiger partial charge in [-0.15, -0.1) is 0 Å². The van der Waals surface area contributed by atoms with Crippen LogP contribution in [0.3, 0.4) is 0 Å². The van der Waals surface area contributed by atoms with Crippen LogP contribution in [0, 0.1) is 0 Å². The molecule has 5 heteroatoms. The molecule has 1 aromatic rings. The zero-order valence-electron chi connectivity index (χ0n) is 9.06. The summed E-state index contributed by atoms with van der Waals surface area (Å²) in [6.07, 6.45) is 2.70. The number of aromatic nitrogens is 2. The lowest BCUT2D eigenvalue weighted by atomic mass is 10.4. The van der Waals surface area contributed by atoms with Gasteiger partial charge in [-0.2, -0.15) is 0 Å². The van der Waals surface area contributed by atoms with Gasteiger partial charge in [0, 0.05) is 25.8 Å². The highest BCUT2D eigenvalue weighted by Gasteiger charge is 2.07. The predicted octanol–water partition coefficient (Wildman–Crippen LogP) is 0.144. The van der Waals surface area contributed by atoms with E-state index in [-0.39, 0.29) is 6.61 Å². The average molecular weight is 210 g/mol. The molecule has 0 aliphatic heterocycles. The van der Waals surface area contributed by atoms with E-state index in [1.807, 2.05) is 4.90 Å². The van der Waals surface area contributed by atoms with Gasteiger partial charge in [0.05, 0.1) is 12.3 Å². The van der Waals surface area contributed by atoms with Gasteiger partial charge in [-0.1, -0.05) is 6.92 Å². The first-order valence-corrected chi connectivity index (χ1v) is 5.19. The normalized spacial score (nSPS) is 10.3. The molecule has 0 spiro atoms. The highest BCUT2D eigenvalue weighted by molar-refractivity contribution is 5.29. The van der Waals surface area contributed by atoms with Gasteiger partial charge in [0.2, 0.25) is 5.95 Å². The van der Waals surface area contributed by atoms with Crippen LogP contribution >= 0.6 is 0 Å². The van der Waals surface area contributed by atoms with E-state index in [1.165, 1.54) is 0 Å². The minimum Gasteiger partial charge on any atom is -0.395 e. The van der Waals surface area contributed by atoms with Crippen molar-refractivity contribution in [2.75, 3.05) is 24.6 Å². The fraction of sp³-hybridized carbons (Fsp3) is 0.600. The van der Waals surface area contributed by atoms with E-state index in [0.717, 1.165) is 18.7 Å². The lowest BCUT2D eigenvalue weighted by Crippen LogP contribution is -2.29. The predicted molar refractivity (Wildman–Crippen MR) is 59.5 cm³/mol. The first-order chi connectivity index (χ1) is 7.31. The second kappa shape index (κ2) is 6.31. The van der Waals surface area contributed by atoms with Crippen LogP contribution in [-0.2, 0) is 6.54 Å². The topological polar surface area (TPSA) is 75.3 Å². The number of hydrogen-bond acceptors (Lipinski definition) is 5. The maximum atomic E-state index is 8.93. The molecule has 0 saturated heterocycles. The second-order valence-electron chi connectivity index (χ2n) is 3.26. The third kappa shape index (κ3) is 3.45. The third-order valence-corrected chi connectivity index (χ3v) is 2.06. The fourth-order valence-electron chi connectivity index (χ4n) is 1.35. The molecular weight excluding hydrogens is 192 g/mol. The third-order valence-electron chi connectivity index (χ3n) is 2.06. The second-order valence-corrected chi connectivity index (χ2v) is 3.26. The van der Waals surface area contributed by atoms with Crippen molar-refractivity contribution in [3.05, 3.63) is 18.0 Å². The summed E-state index contributed by atoms with van der Waals surface area (Å²) in [6.45, 7) is 4.00. The Kier molecular flexibility index (Phi) is 5.00. The monoisotopic (exact) mass is 210 g/mol. The minimum atomic E-state index is 0.107. The lowest BCUT2D eigenvalue weighted by Gasteiger charge is -2.20. The van der Waals surface area contributed by atoms with Crippen molar-refractivity contribution in [2.45, 2.75) is 19.9 Å². The Balaban J connectivity index is 2.79. The zero-order chi connectivity index (χ0) is 11.1. The molecule has 3 N–H and O–H groups in total. The van der Waals surface area contributed by atoms with Crippen molar-refractivity contribution in [3.63, 3.8) is 0 Å². The van der Waals surface area contributed by atoms with E-state index in [9.17, 15) is 0 Å². The van der Waals surface area contributed by atoms with E-state index in [2.05, 4.69) is 16.9 Å².